The normalized spacial score (nSPS) is 16.8. The first kappa shape index (κ1) is 23.7. The van der Waals surface area contributed by atoms with Gasteiger partial charge >= 0.3 is 0 Å². The number of sulfonamides is 1. The largest absolute Gasteiger partial charge is 0.369 e. The summed E-state index contributed by atoms with van der Waals surface area (Å²) < 4.78 is 43.3. The fraction of sp³-hybridized carbons (Fsp3) is 0.308. The lowest BCUT2D eigenvalue weighted by atomic mass is 10.2. The maximum Gasteiger partial charge on any atom is 0.235 e. The molecule has 11 heteroatoms. The van der Waals surface area contributed by atoms with Gasteiger partial charge in [-0.15, -0.1) is 0 Å². The molecule has 6 rings (SSSR count). The highest BCUT2D eigenvalue weighted by molar-refractivity contribution is 7.93. The number of rotatable bonds is 7. The van der Waals surface area contributed by atoms with Crippen molar-refractivity contribution in [2.45, 2.75) is 18.1 Å². The first-order valence-electron chi connectivity index (χ1n) is 12.3. The van der Waals surface area contributed by atoms with Crippen molar-refractivity contribution in [3.8, 4) is 5.69 Å². The lowest BCUT2D eigenvalue weighted by molar-refractivity contribution is 0.313. The second-order valence-corrected chi connectivity index (χ2v) is 11.6. The number of aromatic nitrogens is 3. The van der Waals surface area contributed by atoms with Crippen molar-refractivity contribution < 1.29 is 12.8 Å². The van der Waals surface area contributed by atoms with Gasteiger partial charge in [0, 0.05) is 61.0 Å². The number of nitrogens with zero attached hydrogens (tertiary/aromatic N) is 5. The van der Waals surface area contributed by atoms with Crippen LogP contribution in [-0.2, 0) is 10.0 Å². The standard InChI is InChI=1S/C26H28FN7O2S/c1-32-12-14-33(15-13-32)20-4-2-19(3-5-20)29-26-28-17-18-10-11-34(25(18)30-26)21-6-9-23(27)24(16-21)31-37(35,36)22-7-8-22/h2-6,9-11,16-17,22,31H,7-8,12-15H2,1H3,(H,28,29,30). The average molecular weight is 522 g/mol. The molecule has 0 radical (unpaired) electrons. The van der Waals surface area contributed by atoms with Gasteiger partial charge in [0.2, 0.25) is 16.0 Å². The molecule has 37 heavy (non-hydrogen) atoms. The number of nitrogens with one attached hydrogen (secondary N) is 2. The Hall–Kier alpha value is -3.70. The van der Waals surface area contributed by atoms with Gasteiger partial charge in [-0.25, -0.2) is 17.8 Å². The molecule has 2 N–H and O–H groups in total. The second-order valence-electron chi connectivity index (χ2n) is 9.63. The maximum atomic E-state index is 14.4. The molecule has 3 heterocycles. The van der Waals surface area contributed by atoms with Gasteiger partial charge in [0.25, 0.3) is 0 Å². The van der Waals surface area contributed by atoms with E-state index >= 15 is 0 Å². The van der Waals surface area contributed by atoms with Crippen molar-refractivity contribution in [3.63, 3.8) is 0 Å². The van der Waals surface area contributed by atoms with Crippen molar-refractivity contribution in [2.75, 3.05) is 48.2 Å². The summed E-state index contributed by atoms with van der Waals surface area (Å²) in [4.78, 5) is 13.8. The smallest absolute Gasteiger partial charge is 0.235 e. The molecule has 0 amide bonds. The van der Waals surface area contributed by atoms with E-state index in [1.165, 1.54) is 17.8 Å². The lowest BCUT2D eigenvalue weighted by Crippen LogP contribution is -2.44. The van der Waals surface area contributed by atoms with E-state index in [2.05, 4.69) is 49.0 Å². The SMILES string of the molecule is CN1CCN(c2ccc(Nc3ncc4ccn(-c5ccc(F)c(NS(=O)(=O)C6CC6)c5)c4n3)cc2)CC1. The first-order chi connectivity index (χ1) is 17.9. The van der Waals surface area contributed by atoms with Gasteiger partial charge < -0.3 is 19.7 Å². The number of fused-ring (bicyclic) bond motifs is 1. The van der Waals surface area contributed by atoms with Crippen LogP contribution in [0.5, 0.6) is 0 Å². The third kappa shape index (κ3) is 4.96. The van der Waals surface area contributed by atoms with E-state index in [0.29, 0.717) is 30.1 Å². The molecule has 1 saturated heterocycles. The Morgan fingerprint density at radius 2 is 1.70 bits per heavy atom. The minimum atomic E-state index is -3.58. The third-order valence-electron chi connectivity index (χ3n) is 6.86. The van der Waals surface area contributed by atoms with Gasteiger partial charge in [0.05, 0.1) is 10.9 Å². The Kier molecular flexibility index (Phi) is 5.96. The highest BCUT2D eigenvalue weighted by atomic mass is 32.2. The van der Waals surface area contributed by atoms with Gasteiger partial charge in [-0.2, -0.15) is 4.98 Å². The van der Waals surface area contributed by atoms with Gasteiger partial charge in [0.1, 0.15) is 11.5 Å². The van der Waals surface area contributed by atoms with Gasteiger partial charge in [-0.1, -0.05) is 0 Å². The number of hydrogen-bond donors (Lipinski definition) is 2. The zero-order chi connectivity index (χ0) is 25.6. The summed E-state index contributed by atoms with van der Waals surface area (Å²) in [6.07, 6.45) is 4.73. The van der Waals surface area contributed by atoms with Gasteiger partial charge in [-0.3, -0.25) is 4.72 Å². The summed E-state index contributed by atoms with van der Waals surface area (Å²) in [7, 11) is -1.44. The molecular weight excluding hydrogens is 493 g/mol. The van der Waals surface area contributed by atoms with Crippen LogP contribution in [0.25, 0.3) is 16.7 Å². The fourth-order valence-electron chi connectivity index (χ4n) is 4.49. The number of benzene rings is 2. The minimum Gasteiger partial charge on any atom is -0.369 e. The molecule has 4 aromatic rings. The van der Waals surface area contributed by atoms with Crippen molar-refractivity contribution in [1.29, 1.82) is 0 Å². The average Bonchev–Trinajstić information content (AvgIpc) is 3.68. The number of anilines is 4. The molecule has 0 bridgehead atoms. The number of halogens is 1. The van der Waals surface area contributed by atoms with Gasteiger partial charge in [-0.05, 0) is 68.4 Å². The predicted octanol–water partition coefficient (Wildman–Crippen LogP) is 3.96. The second kappa shape index (κ2) is 9.31. The van der Waals surface area contributed by atoms with E-state index < -0.39 is 21.1 Å². The molecular formula is C26H28FN7O2S. The summed E-state index contributed by atoms with van der Waals surface area (Å²) in [6, 6.07) is 14.4. The quantitative estimate of drug-likeness (QED) is 0.380. The van der Waals surface area contributed by atoms with Crippen LogP contribution in [0.2, 0.25) is 0 Å². The zero-order valence-electron chi connectivity index (χ0n) is 20.4. The fourth-order valence-corrected chi connectivity index (χ4v) is 5.88. The molecule has 2 aromatic carbocycles. The summed E-state index contributed by atoms with van der Waals surface area (Å²) in [6.45, 7) is 4.12. The molecule has 2 aromatic heterocycles. The molecule has 1 aliphatic heterocycles. The van der Waals surface area contributed by atoms with Gasteiger partial charge in [0.15, 0.2) is 0 Å². The number of likely N-dealkylation sites (N-methyl/N-ethyl adjacent to an activating group) is 1. The van der Waals surface area contributed by atoms with Crippen LogP contribution in [0.15, 0.2) is 60.9 Å². The van der Waals surface area contributed by atoms with Crippen LogP contribution >= 0.6 is 0 Å². The topological polar surface area (TPSA) is 95.4 Å². The Morgan fingerprint density at radius 1 is 0.973 bits per heavy atom. The Labute approximate surface area is 215 Å². The van der Waals surface area contributed by atoms with Crippen LogP contribution in [-0.4, -0.2) is 66.3 Å². The highest BCUT2D eigenvalue weighted by Gasteiger charge is 2.36. The van der Waals surface area contributed by atoms with Crippen LogP contribution < -0.4 is 14.9 Å². The molecule has 1 saturated carbocycles. The maximum absolute atomic E-state index is 14.4. The van der Waals surface area contributed by atoms with E-state index in [1.807, 2.05) is 18.2 Å². The first-order valence-corrected chi connectivity index (χ1v) is 13.9. The van der Waals surface area contributed by atoms with E-state index in [-0.39, 0.29) is 5.69 Å². The van der Waals surface area contributed by atoms with Crippen LogP contribution in [0.3, 0.4) is 0 Å². The van der Waals surface area contributed by atoms with E-state index in [1.54, 1.807) is 23.0 Å². The number of piperazine rings is 1. The summed E-state index contributed by atoms with van der Waals surface area (Å²) in [5, 5.41) is 3.62. The Bertz CT molecular complexity index is 1540. The van der Waals surface area contributed by atoms with Crippen molar-refractivity contribution in [1.82, 2.24) is 19.4 Å². The molecule has 0 unspecified atom stereocenters. The van der Waals surface area contributed by atoms with Crippen LogP contribution in [0.1, 0.15) is 12.8 Å². The number of hydrogen-bond acceptors (Lipinski definition) is 7. The molecule has 2 aliphatic rings. The Balaban J connectivity index is 1.23. The molecule has 9 nitrogen and oxygen atoms in total. The monoisotopic (exact) mass is 521 g/mol. The molecule has 2 fully saturated rings. The Morgan fingerprint density at radius 3 is 2.43 bits per heavy atom. The van der Waals surface area contributed by atoms with Crippen LogP contribution in [0.4, 0.5) is 27.4 Å². The summed E-state index contributed by atoms with van der Waals surface area (Å²) >= 11 is 0. The molecule has 1 aliphatic carbocycles. The van der Waals surface area contributed by atoms with Crippen molar-refractivity contribution in [3.05, 3.63) is 66.7 Å². The third-order valence-corrected chi connectivity index (χ3v) is 8.72. The predicted molar refractivity (Wildman–Crippen MR) is 144 cm³/mol. The van der Waals surface area contributed by atoms with Crippen LogP contribution in [0, 0.1) is 5.82 Å². The van der Waals surface area contributed by atoms with Crippen molar-refractivity contribution >= 4 is 44.1 Å². The highest BCUT2D eigenvalue weighted by Crippen LogP contribution is 2.31. The van der Waals surface area contributed by atoms with E-state index in [4.69, 9.17) is 0 Å². The minimum absolute atomic E-state index is 0.0703. The van der Waals surface area contributed by atoms with E-state index in [0.717, 1.165) is 37.3 Å². The molecule has 192 valence electrons. The van der Waals surface area contributed by atoms with Crippen molar-refractivity contribution in [2.24, 2.45) is 0 Å². The zero-order valence-corrected chi connectivity index (χ0v) is 21.2. The van der Waals surface area contributed by atoms with E-state index in [9.17, 15) is 12.8 Å². The molecule has 0 spiro atoms. The molecule has 0 atom stereocenters. The lowest BCUT2D eigenvalue weighted by Gasteiger charge is -2.34. The summed E-state index contributed by atoms with van der Waals surface area (Å²) in [5.74, 6) is -0.196. The summed E-state index contributed by atoms with van der Waals surface area (Å²) in [5.41, 5.74) is 3.20.